The van der Waals surface area contributed by atoms with Gasteiger partial charge in [0.15, 0.2) is 0 Å². The van der Waals surface area contributed by atoms with Crippen LogP contribution in [-0.4, -0.2) is 79.7 Å². The third-order valence-electron chi connectivity index (χ3n) is 20.2. The van der Waals surface area contributed by atoms with E-state index in [2.05, 4.69) is 103 Å². The Bertz CT molecular complexity index is 2230. The van der Waals surface area contributed by atoms with Crippen LogP contribution in [0, 0.1) is 41.4 Å². The second-order valence-electron chi connectivity index (χ2n) is 24.1. The number of alkyl halides is 2. The number of phenolic OH excluding ortho intramolecular Hbond substituents is 1. The van der Waals surface area contributed by atoms with Crippen LogP contribution in [0.5, 0.6) is 17.2 Å². The van der Waals surface area contributed by atoms with Crippen LogP contribution in [0.4, 0.5) is 8.78 Å². The Kier molecular flexibility index (Phi) is 14.2. The number of aromatic hydroxyl groups is 1. The van der Waals surface area contributed by atoms with Gasteiger partial charge in [-0.1, -0.05) is 80.8 Å². The van der Waals surface area contributed by atoms with Crippen molar-refractivity contribution in [2.75, 3.05) is 52.5 Å². The number of hydrogen-bond acceptors (Lipinski definition) is 5. The van der Waals surface area contributed by atoms with Crippen molar-refractivity contribution in [3.05, 3.63) is 124 Å². The summed E-state index contributed by atoms with van der Waals surface area (Å²) >= 11 is 0. The van der Waals surface area contributed by atoms with Gasteiger partial charge in [-0.15, -0.1) is 0 Å². The number of phenols is 1. The maximum Gasteiger partial charge on any atom is 0.119 e. The molecule has 6 aliphatic carbocycles. The van der Waals surface area contributed by atoms with Gasteiger partial charge in [-0.05, 0) is 240 Å². The number of ether oxygens (including phenoxy) is 2. The van der Waals surface area contributed by atoms with Crippen molar-refractivity contribution >= 4 is 0 Å². The highest BCUT2D eigenvalue weighted by molar-refractivity contribution is 5.45. The fraction of sp³-hybridized carbons (Fsp3) is 0.619. The first kappa shape index (κ1) is 48.3. The van der Waals surface area contributed by atoms with Crippen molar-refractivity contribution in [1.29, 1.82) is 0 Å². The molecule has 7 heteroatoms. The molecular formula is C63H82F2N2O3. The molecule has 0 aromatic heterocycles. The molecule has 376 valence electrons. The van der Waals surface area contributed by atoms with Crippen molar-refractivity contribution < 1.29 is 23.4 Å². The van der Waals surface area contributed by atoms with Crippen molar-refractivity contribution in [2.24, 2.45) is 34.5 Å². The zero-order valence-electron chi connectivity index (χ0n) is 42.7. The number of fused-ring (bicyclic) bond motifs is 10. The lowest BCUT2D eigenvalue weighted by molar-refractivity contribution is 0.00138. The first-order valence-electron chi connectivity index (χ1n) is 28.2. The second-order valence-corrected chi connectivity index (χ2v) is 24.1. The molecule has 6 fully saturated rings. The topological polar surface area (TPSA) is 45.2 Å². The predicted octanol–water partition coefficient (Wildman–Crippen LogP) is 14.3. The molecule has 2 aliphatic heterocycles. The minimum absolute atomic E-state index is 0.183. The summed E-state index contributed by atoms with van der Waals surface area (Å²) in [5.41, 5.74) is 9.37. The summed E-state index contributed by atoms with van der Waals surface area (Å²) in [6.45, 7) is 15.0. The van der Waals surface area contributed by atoms with Crippen LogP contribution in [0.1, 0.15) is 166 Å². The molecule has 70 heavy (non-hydrogen) atoms. The van der Waals surface area contributed by atoms with Gasteiger partial charge in [-0.3, -0.25) is 9.80 Å². The van der Waals surface area contributed by atoms with Crippen molar-refractivity contribution in [2.45, 2.75) is 160 Å². The minimum Gasteiger partial charge on any atom is -0.508 e. The largest absolute Gasteiger partial charge is 0.508 e. The number of aryl methyl sites for hydroxylation is 3. The standard InChI is InChI=1S/C32H42FNO.C31H40FNO2/c1-22-6-12-26-24(20-22)9-13-27-29-14-15-30(33)32(29,2)21-28(31(26)27)23-7-10-25(11-8-23)35-19-18-34-16-4-3-5-17-34;1-31-20-27(21-5-9-24(10-6-21)35-18-17-33-15-3-2-4-16-33)30-25-12-8-23(34)19-22(25)7-11-26(30)28(31)13-14-29(31)32/h6-8,10-12,20,27-31H,3-5,9,13-19,21H2,1-2H3;5-6,8-10,12,19,26-30,34H,2-4,7,11,13-18,20H2,1H3/t27?,28-,29?,30-,31?,32+;26?,27-,28?,29-,30?,31+/m11/s1. The predicted molar refractivity (Wildman–Crippen MR) is 279 cm³/mol. The lowest BCUT2D eigenvalue weighted by Gasteiger charge is -2.53. The van der Waals surface area contributed by atoms with E-state index in [0.717, 1.165) is 89.2 Å². The highest BCUT2D eigenvalue weighted by Gasteiger charge is 2.60. The second kappa shape index (κ2) is 20.5. The van der Waals surface area contributed by atoms with Crippen molar-refractivity contribution in [1.82, 2.24) is 9.80 Å². The molecule has 5 nitrogen and oxygen atoms in total. The van der Waals surface area contributed by atoms with Crippen LogP contribution >= 0.6 is 0 Å². The molecular weight excluding hydrogens is 871 g/mol. The van der Waals surface area contributed by atoms with Gasteiger partial charge >= 0.3 is 0 Å². The van der Waals surface area contributed by atoms with E-state index >= 15 is 8.78 Å². The van der Waals surface area contributed by atoms with Crippen LogP contribution in [0.25, 0.3) is 0 Å². The zero-order valence-corrected chi connectivity index (χ0v) is 42.7. The summed E-state index contributed by atoms with van der Waals surface area (Å²) in [6.07, 6.45) is 16.5. The van der Waals surface area contributed by atoms with Gasteiger partial charge in [0.2, 0.25) is 0 Å². The molecule has 4 aromatic carbocycles. The molecule has 12 atom stereocenters. The quantitative estimate of drug-likeness (QED) is 0.172. The maximum atomic E-state index is 15.4. The van der Waals surface area contributed by atoms with Gasteiger partial charge in [0.1, 0.15) is 42.8 Å². The Morgan fingerprint density at radius 1 is 0.543 bits per heavy atom. The molecule has 4 aromatic rings. The normalized spacial score (nSPS) is 34.6. The molecule has 0 bridgehead atoms. The van der Waals surface area contributed by atoms with Crippen molar-refractivity contribution in [3.63, 3.8) is 0 Å². The smallest absolute Gasteiger partial charge is 0.119 e. The number of nitrogens with zero attached hydrogens (tertiary/aromatic N) is 2. The molecule has 0 spiro atoms. The van der Waals surface area contributed by atoms with E-state index in [0.29, 0.717) is 59.5 Å². The monoisotopic (exact) mass is 953 g/mol. The van der Waals surface area contributed by atoms with E-state index in [-0.39, 0.29) is 10.8 Å². The fourth-order valence-electron chi connectivity index (χ4n) is 16.6. The van der Waals surface area contributed by atoms with E-state index in [1.165, 1.54) is 105 Å². The van der Waals surface area contributed by atoms with Gasteiger partial charge in [0, 0.05) is 23.9 Å². The highest BCUT2D eigenvalue weighted by Crippen LogP contribution is 2.67. The summed E-state index contributed by atoms with van der Waals surface area (Å²) in [5.74, 6) is 5.91. The van der Waals surface area contributed by atoms with Crippen LogP contribution in [0.2, 0.25) is 0 Å². The van der Waals surface area contributed by atoms with E-state index in [9.17, 15) is 5.11 Å². The molecule has 6 unspecified atom stereocenters. The first-order chi connectivity index (χ1) is 34.1. The van der Waals surface area contributed by atoms with E-state index in [1.807, 2.05) is 12.1 Å². The lowest BCUT2D eigenvalue weighted by Crippen LogP contribution is -2.46. The molecule has 0 amide bonds. The molecule has 2 heterocycles. The molecule has 4 saturated carbocycles. The highest BCUT2D eigenvalue weighted by atomic mass is 19.1. The average Bonchev–Trinajstić information content (AvgIpc) is 3.86. The summed E-state index contributed by atoms with van der Waals surface area (Å²) < 4.78 is 42.9. The number of likely N-dealkylation sites (tertiary alicyclic amines) is 2. The van der Waals surface area contributed by atoms with E-state index < -0.39 is 12.3 Å². The van der Waals surface area contributed by atoms with Crippen molar-refractivity contribution in [3.8, 4) is 17.2 Å². The SMILES string of the molecule is C[C@]12C[C@H](c3ccc(OCCN4CCCCC4)cc3)C3c4ccc(O)cc4CCC3C1CC[C@H]2F.Cc1ccc2c(c1)CCC1C2[C@@H](c2ccc(OCCN3CCCCC3)cc2)C[C@@]2(C)C1CC[C@H]2F. The molecule has 8 aliphatic rings. The van der Waals surface area contributed by atoms with Gasteiger partial charge < -0.3 is 14.6 Å². The molecule has 2 saturated heterocycles. The summed E-state index contributed by atoms with van der Waals surface area (Å²) in [4.78, 5) is 5.03. The summed E-state index contributed by atoms with van der Waals surface area (Å²) in [6, 6.07) is 30.7. The molecule has 1 N–H and O–H groups in total. The maximum absolute atomic E-state index is 15.4. The minimum atomic E-state index is -0.699. The molecule has 12 rings (SSSR count). The van der Waals surface area contributed by atoms with Crippen LogP contribution < -0.4 is 9.47 Å². The molecule has 0 radical (unpaired) electrons. The van der Waals surface area contributed by atoms with E-state index in [4.69, 9.17) is 9.47 Å². The Morgan fingerprint density at radius 3 is 1.46 bits per heavy atom. The Morgan fingerprint density at radius 2 is 0.986 bits per heavy atom. The van der Waals surface area contributed by atoms with E-state index in [1.54, 1.807) is 5.56 Å². The first-order valence-corrected chi connectivity index (χ1v) is 28.2. The number of rotatable bonds is 10. The summed E-state index contributed by atoms with van der Waals surface area (Å²) in [5, 5.41) is 10.1. The van der Waals surface area contributed by atoms with Gasteiger partial charge in [0.25, 0.3) is 0 Å². The fourth-order valence-corrected chi connectivity index (χ4v) is 16.6. The number of halogens is 2. The third kappa shape index (κ3) is 9.46. The number of hydrogen-bond donors (Lipinski definition) is 1. The third-order valence-corrected chi connectivity index (χ3v) is 20.2. The lowest BCUT2D eigenvalue weighted by atomic mass is 9.51. The Hall–Kier alpha value is -3.94. The van der Waals surface area contributed by atoms with Gasteiger partial charge in [0.05, 0.1) is 0 Å². The Labute approximate surface area is 419 Å². The van der Waals surface area contributed by atoms with Crippen LogP contribution in [0.15, 0.2) is 84.9 Å². The Balaban J connectivity index is 0.000000152. The summed E-state index contributed by atoms with van der Waals surface area (Å²) in [7, 11) is 0. The zero-order chi connectivity index (χ0) is 48.0. The van der Waals surface area contributed by atoms with Crippen LogP contribution in [0.3, 0.4) is 0 Å². The average molecular weight is 953 g/mol. The number of piperidine rings is 2. The van der Waals surface area contributed by atoms with Gasteiger partial charge in [-0.2, -0.15) is 0 Å². The van der Waals surface area contributed by atoms with Gasteiger partial charge in [-0.25, -0.2) is 8.78 Å². The number of benzene rings is 4. The van der Waals surface area contributed by atoms with Crippen LogP contribution in [-0.2, 0) is 12.8 Å².